The molecule has 2 heteroatoms. The number of halogens is 1. The minimum atomic E-state index is 0.191. The Morgan fingerprint density at radius 1 is 1.19 bits per heavy atom. The van der Waals surface area contributed by atoms with Gasteiger partial charge in [0.2, 0.25) is 0 Å². The van der Waals surface area contributed by atoms with Gasteiger partial charge >= 0.3 is 0 Å². The molecule has 1 heterocycles. The first kappa shape index (κ1) is 14.1. The Labute approximate surface area is 109 Å². The second kappa shape index (κ2) is 5.55. The van der Waals surface area contributed by atoms with E-state index >= 15 is 0 Å². The average molecular weight is 259 g/mol. The van der Waals surface area contributed by atoms with Crippen LogP contribution in [0.4, 0.5) is 0 Å². The first-order valence-corrected chi connectivity index (χ1v) is 7.39. The monoisotopic (exact) mass is 258 g/mol. The van der Waals surface area contributed by atoms with E-state index in [1.54, 1.807) is 0 Å². The third kappa shape index (κ3) is 3.24. The predicted molar refractivity (Wildman–Crippen MR) is 75.7 cm³/mol. The second-order valence-corrected chi connectivity index (χ2v) is 7.02. The lowest BCUT2D eigenvalue weighted by molar-refractivity contribution is 0.479. The van der Waals surface area contributed by atoms with E-state index < -0.39 is 0 Å². The van der Waals surface area contributed by atoms with Crippen molar-refractivity contribution in [2.75, 3.05) is 0 Å². The molecule has 1 unspecified atom stereocenters. The smallest absolute Gasteiger partial charge is 0.0706 e. The average Bonchev–Trinajstić information content (AvgIpc) is 2.67. The summed E-state index contributed by atoms with van der Waals surface area (Å²) in [6, 6.07) is 4.44. The molecule has 0 aliphatic rings. The number of thiophene rings is 1. The summed E-state index contributed by atoms with van der Waals surface area (Å²) < 4.78 is 0. The van der Waals surface area contributed by atoms with E-state index in [9.17, 15) is 0 Å². The summed E-state index contributed by atoms with van der Waals surface area (Å²) in [5.41, 5.74) is 0.244. The Morgan fingerprint density at radius 2 is 1.75 bits per heavy atom. The molecular formula is C14H23ClS. The number of alkyl halides is 1. The van der Waals surface area contributed by atoms with Gasteiger partial charge in [-0.25, -0.2) is 0 Å². The van der Waals surface area contributed by atoms with Crippen molar-refractivity contribution in [3.8, 4) is 0 Å². The molecule has 1 aromatic heterocycles. The summed E-state index contributed by atoms with van der Waals surface area (Å²) in [5, 5.41) is 0.191. The Bertz CT molecular complexity index is 318. The van der Waals surface area contributed by atoms with Crippen LogP contribution >= 0.6 is 22.9 Å². The summed E-state index contributed by atoms with van der Waals surface area (Å²) in [6.45, 7) is 11.2. The van der Waals surface area contributed by atoms with Gasteiger partial charge in [0.15, 0.2) is 0 Å². The van der Waals surface area contributed by atoms with Gasteiger partial charge in [0.05, 0.1) is 5.38 Å². The molecule has 1 rings (SSSR count). The van der Waals surface area contributed by atoms with Gasteiger partial charge in [-0.05, 0) is 23.5 Å². The van der Waals surface area contributed by atoms with E-state index in [4.69, 9.17) is 11.6 Å². The predicted octanol–water partition coefficient (Wildman–Crippen LogP) is 5.76. The highest BCUT2D eigenvalue weighted by Crippen LogP contribution is 2.39. The van der Waals surface area contributed by atoms with Gasteiger partial charge in [0, 0.05) is 9.75 Å². The SMILES string of the molecule is CCC(CC)C(Cl)c1ccc(C(C)(C)C)s1. The van der Waals surface area contributed by atoms with Crippen molar-refractivity contribution in [3.63, 3.8) is 0 Å². The Morgan fingerprint density at radius 3 is 2.12 bits per heavy atom. The molecule has 0 N–H and O–H groups in total. The zero-order valence-corrected chi connectivity index (χ0v) is 12.6. The molecule has 0 aliphatic heterocycles. The van der Waals surface area contributed by atoms with E-state index in [0.717, 1.165) is 12.8 Å². The fraction of sp³-hybridized carbons (Fsp3) is 0.714. The molecule has 1 aromatic rings. The maximum Gasteiger partial charge on any atom is 0.0706 e. The lowest BCUT2D eigenvalue weighted by Gasteiger charge is -2.19. The molecule has 0 aliphatic carbocycles. The van der Waals surface area contributed by atoms with Crippen molar-refractivity contribution in [1.29, 1.82) is 0 Å². The lowest BCUT2D eigenvalue weighted by atomic mass is 9.94. The molecule has 92 valence electrons. The van der Waals surface area contributed by atoms with Crippen LogP contribution in [0.2, 0.25) is 0 Å². The van der Waals surface area contributed by atoms with Crippen molar-refractivity contribution in [2.24, 2.45) is 5.92 Å². The van der Waals surface area contributed by atoms with Crippen LogP contribution in [0.3, 0.4) is 0 Å². The highest BCUT2D eigenvalue weighted by Gasteiger charge is 2.22. The van der Waals surface area contributed by atoms with Crippen LogP contribution in [0, 0.1) is 5.92 Å². The standard InChI is InChI=1S/C14H23ClS/c1-6-10(7-2)13(15)11-8-9-12(16-11)14(3,4)5/h8-10,13H,6-7H2,1-5H3. The van der Waals surface area contributed by atoms with Crippen molar-refractivity contribution in [1.82, 2.24) is 0 Å². The number of rotatable bonds is 4. The molecule has 0 nitrogen and oxygen atoms in total. The molecule has 0 fully saturated rings. The fourth-order valence-electron chi connectivity index (χ4n) is 1.84. The van der Waals surface area contributed by atoms with Crippen molar-refractivity contribution in [3.05, 3.63) is 21.9 Å². The van der Waals surface area contributed by atoms with Crippen LogP contribution in [0.5, 0.6) is 0 Å². The highest BCUT2D eigenvalue weighted by molar-refractivity contribution is 7.12. The van der Waals surface area contributed by atoms with Gasteiger partial charge in [-0.1, -0.05) is 47.5 Å². The zero-order valence-electron chi connectivity index (χ0n) is 11.0. The van der Waals surface area contributed by atoms with E-state index in [1.807, 2.05) is 11.3 Å². The molecule has 0 aromatic carbocycles. The van der Waals surface area contributed by atoms with E-state index in [0.29, 0.717) is 5.92 Å². The van der Waals surface area contributed by atoms with E-state index in [-0.39, 0.29) is 10.8 Å². The van der Waals surface area contributed by atoms with Crippen LogP contribution in [0.15, 0.2) is 12.1 Å². The Kier molecular flexibility index (Phi) is 4.88. The van der Waals surface area contributed by atoms with Crippen LogP contribution in [-0.2, 0) is 5.41 Å². The molecular weight excluding hydrogens is 236 g/mol. The van der Waals surface area contributed by atoms with E-state index in [1.165, 1.54) is 9.75 Å². The number of hydrogen-bond acceptors (Lipinski definition) is 1. The maximum absolute atomic E-state index is 6.55. The summed E-state index contributed by atoms with van der Waals surface area (Å²) in [5.74, 6) is 0.605. The molecule has 0 saturated carbocycles. The normalized spacial score (nSPS) is 14.4. The third-order valence-electron chi connectivity index (χ3n) is 3.10. The van der Waals surface area contributed by atoms with Gasteiger partial charge in [-0.2, -0.15) is 0 Å². The Hall–Kier alpha value is -0.0100. The first-order valence-electron chi connectivity index (χ1n) is 6.14. The molecule has 0 amide bonds. The summed E-state index contributed by atoms with van der Waals surface area (Å²) in [6.07, 6.45) is 2.32. The molecule has 1 atom stereocenters. The summed E-state index contributed by atoms with van der Waals surface area (Å²) >= 11 is 8.42. The molecule has 0 radical (unpaired) electrons. The van der Waals surface area contributed by atoms with Crippen LogP contribution in [0.25, 0.3) is 0 Å². The van der Waals surface area contributed by atoms with Crippen molar-refractivity contribution >= 4 is 22.9 Å². The minimum absolute atomic E-state index is 0.191. The quantitative estimate of drug-likeness (QED) is 0.602. The maximum atomic E-state index is 6.55. The number of hydrogen-bond donors (Lipinski definition) is 0. The third-order valence-corrected chi connectivity index (χ3v) is 5.42. The van der Waals surface area contributed by atoms with Gasteiger partial charge in [0.1, 0.15) is 0 Å². The van der Waals surface area contributed by atoms with Crippen molar-refractivity contribution < 1.29 is 0 Å². The van der Waals surface area contributed by atoms with Crippen molar-refractivity contribution in [2.45, 2.75) is 58.3 Å². The topological polar surface area (TPSA) is 0 Å². The van der Waals surface area contributed by atoms with E-state index in [2.05, 4.69) is 46.8 Å². The van der Waals surface area contributed by atoms with Gasteiger partial charge in [0.25, 0.3) is 0 Å². The van der Waals surface area contributed by atoms with Gasteiger partial charge in [-0.3, -0.25) is 0 Å². The molecule has 16 heavy (non-hydrogen) atoms. The zero-order chi connectivity index (χ0) is 12.3. The van der Waals surface area contributed by atoms with Crippen LogP contribution in [0.1, 0.15) is 62.6 Å². The van der Waals surface area contributed by atoms with Crippen LogP contribution in [-0.4, -0.2) is 0 Å². The molecule has 0 bridgehead atoms. The lowest BCUT2D eigenvalue weighted by Crippen LogP contribution is -2.08. The van der Waals surface area contributed by atoms with Gasteiger partial charge < -0.3 is 0 Å². The summed E-state index contributed by atoms with van der Waals surface area (Å²) in [7, 11) is 0. The van der Waals surface area contributed by atoms with Gasteiger partial charge in [-0.15, -0.1) is 22.9 Å². The largest absolute Gasteiger partial charge is 0.143 e. The highest BCUT2D eigenvalue weighted by atomic mass is 35.5. The Balaban J connectivity index is 2.85. The second-order valence-electron chi connectivity index (χ2n) is 5.43. The summed E-state index contributed by atoms with van der Waals surface area (Å²) in [4.78, 5) is 2.76. The van der Waals surface area contributed by atoms with Crippen LogP contribution < -0.4 is 0 Å². The fourth-order valence-corrected chi connectivity index (χ4v) is 3.54. The first-order chi connectivity index (χ1) is 7.40. The minimum Gasteiger partial charge on any atom is -0.143 e. The molecule has 0 spiro atoms. The molecule has 0 saturated heterocycles.